The van der Waals surface area contributed by atoms with Crippen LogP contribution in [-0.2, 0) is 4.79 Å². The molecule has 0 unspecified atom stereocenters. The van der Waals surface area contributed by atoms with Gasteiger partial charge in [-0.3, -0.25) is 14.7 Å². The van der Waals surface area contributed by atoms with Crippen molar-refractivity contribution in [2.24, 2.45) is 0 Å². The average molecular weight is 519 g/mol. The molecule has 0 atom stereocenters. The maximum absolute atomic E-state index is 12.4. The number of nitrogens with one attached hydrogen (secondary N) is 3. The maximum atomic E-state index is 12.4. The number of amides is 1. The van der Waals surface area contributed by atoms with Crippen molar-refractivity contribution < 1.29 is 9.18 Å². The van der Waals surface area contributed by atoms with Gasteiger partial charge in [0.15, 0.2) is 0 Å². The van der Waals surface area contributed by atoms with Crippen LogP contribution in [0.2, 0.25) is 5.02 Å². The first-order valence-corrected chi connectivity index (χ1v) is 12.0. The summed E-state index contributed by atoms with van der Waals surface area (Å²) in [4.78, 5) is 31.8. The van der Waals surface area contributed by atoms with Crippen LogP contribution in [0.4, 0.5) is 27.5 Å². The highest BCUT2D eigenvalue weighted by molar-refractivity contribution is 6.34. The molecule has 1 aliphatic rings. The van der Waals surface area contributed by atoms with Crippen molar-refractivity contribution in [1.29, 1.82) is 0 Å². The molecule has 1 aromatic carbocycles. The van der Waals surface area contributed by atoms with Crippen LogP contribution in [0.15, 0.2) is 67.6 Å². The highest BCUT2D eigenvalue weighted by Crippen LogP contribution is 2.34. The number of alkyl halides is 1. The normalized spacial score (nSPS) is 13.7. The number of halogens is 2. The second-order valence-corrected chi connectivity index (χ2v) is 8.93. The minimum absolute atomic E-state index is 0.266. The monoisotopic (exact) mass is 518 g/mol. The molecule has 0 aliphatic carbocycles. The molecule has 0 radical (unpaired) electrons. The molecule has 1 saturated heterocycles. The fraction of sp³-hybridized carbons (Fsp3) is 0.192. The van der Waals surface area contributed by atoms with Crippen molar-refractivity contribution in [1.82, 2.24) is 24.8 Å². The van der Waals surface area contributed by atoms with E-state index in [2.05, 4.69) is 37.5 Å². The summed E-state index contributed by atoms with van der Waals surface area (Å²) in [7, 11) is 0. The predicted octanol–water partition coefficient (Wildman–Crippen LogP) is 4.67. The number of likely N-dealkylation sites (tertiary alicyclic amines) is 1. The largest absolute Gasteiger partial charge is 0.365 e. The van der Waals surface area contributed by atoms with Gasteiger partial charge in [0.25, 0.3) is 0 Å². The van der Waals surface area contributed by atoms with Crippen molar-refractivity contribution in [3.8, 4) is 11.3 Å². The molecule has 3 aromatic heterocycles. The number of anilines is 4. The molecule has 188 valence electrons. The third-order valence-corrected chi connectivity index (χ3v) is 6.22. The van der Waals surface area contributed by atoms with E-state index in [9.17, 15) is 9.18 Å². The maximum Gasteiger partial charge on any atom is 0.247 e. The van der Waals surface area contributed by atoms with E-state index in [0.29, 0.717) is 45.7 Å². The SMILES string of the molecule is C=CC(=O)Nc1ccnc(-c2c(Cl)ccc3cnc(Nc4ccc(NC5CN(CCF)C5)nc4)nc23)c1. The van der Waals surface area contributed by atoms with Gasteiger partial charge in [0.1, 0.15) is 12.5 Å². The number of carbonyl (C=O) groups is 1. The molecule has 4 heterocycles. The Morgan fingerprint density at radius 2 is 2.00 bits per heavy atom. The molecule has 0 spiro atoms. The average Bonchev–Trinajstić information content (AvgIpc) is 2.88. The molecule has 3 N–H and O–H groups in total. The van der Waals surface area contributed by atoms with Crippen LogP contribution in [-0.4, -0.2) is 63.1 Å². The summed E-state index contributed by atoms with van der Waals surface area (Å²) in [6, 6.07) is 11.0. The highest BCUT2D eigenvalue weighted by Gasteiger charge is 2.26. The van der Waals surface area contributed by atoms with E-state index in [4.69, 9.17) is 16.6 Å². The predicted molar refractivity (Wildman–Crippen MR) is 144 cm³/mol. The van der Waals surface area contributed by atoms with Gasteiger partial charge in [0, 0.05) is 48.7 Å². The molecular formula is C26H24ClFN8O. The first kappa shape index (κ1) is 24.5. The van der Waals surface area contributed by atoms with Gasteiger partial charge < -0.3 is 16.0 Å². The third-order valence-electron chi connectivity index (χ3n) is 5.90. The number of benzene rings is 1. The van der Waals surface area contributed by atoms with Gasteiger partial charge in [0.2, 0.25) is 11.9 Å². The number of hydrogen-bond acceptors (Lipinski definition) is 8. The van der Waals surface area contributed by atoms with Crippen LogP contribution in [0.1, 0.15) is 0 Å². The molecule has 0 saturated carbocycles. The number of carbonyl (C=O) groups excluding carboxylic acids is 1. The highest BCUT2D eigenvalue weighted by atomic mass is 35.5. The lowest BCUT2D eigenvalue weighted by Gasteiger charge is -2.39. The van der Waals surface area contributed by atoms with Crippen LogP contribution in [0.25, 0.3) is 22.2 Å². The second kappa shape index (κ2) is 10.9. The van der Waals surface area contributed by atoms with Gasteiger partial charge in [-0.25, -0.2) is 19.3 Å². The van der Waals surface area contributed by atoms with Gasteiger partial charge in [-0.1, -0.05) is 18.2 Å². The van der Waals surface area contributed by atoms with Crippen LogP contribution in [0, 0.1) is 0 Å². The lowest BCUT2D eigenvalue weighted by molar-refractivity contribution is -0.111. The van der Waals surface area contributed by atoms with Gasteiger partial charge >= 0.3 is 0 Å². The Hall–Kier alpha value is -4.15. The number of hydrogen-bond donors (Lipinski definition) is 3. The zero-order chi connectivity index (χ0) is 25.8. The fourth-order valence-electron chi connectivity index (χ4n) is 4.07. The molecule has 1 amide bonds. The van der Waals surface area contributed by atoms with E-state index in [1.807, 2.05) is 23.1 Å². The summed E-state index contributed by atoms with van der Waals surface area (Å²) in [6.45, 7) is 5.23. The van der Waals surface area contributed by atoms with Gasteiger partial charge in [-0.2, -0.15) is 0 Å². The van der Waals surface area contributed by atoms with Gasteiger partial charge in [0.05, 0.1) is 34.2 Å². The molecule has 9 nitrogen and oxygen atoms in total. The van der Waals surface area contributed by atoms with E-state index in [1.165, 1.54) is 6.08 Å². The van der Waals surface area contributed by atoms with Gasteiger partial charge in [-0.05, 0) is 42.5 Å². The molecule has 37 heavy (non-hydrogen) atoms. The van der Waals surface area contributed by atoms with Crippen molar-refractivity contribution in [2.75, 3.05) is 42.3 Å². The Labute approximate surface area is 217 Å². The molecule has 11 heteroatoms. The summed E-state index contributed by atoms with van der Waals surface area (Å²) in [5, 5.41) is 10.5. The molecule has 4 aromatic rings. The molecule has 0 bridgehead atoms. The number of aromatic nitrogens is 4. The molecule has 5 rings (SSSR count). The van der Waals surface area contributed by atoms with Crippen LogP contribution in [0.5, 0.6) is 0 Å². The van der Waals surface area contributed by atoms with E-state index < -0.39 is 0 Å². The molecular weight excluding hydrogens is 495 g/mol. The molecule has 1 aliphatic heterocycles. The Kier molecular flexibility index (Phi) is 7.20. The lowest BCUT2D eigenvalue weighted by atomic mass is 10.1. The topological polar surface area (TPSA) is 108 Å². The van der Waals surface area contributed by atoms with E-state index in [-0.39, 0.29) is 18.6 Å². The Balaban J connectivity index is 1.36. The van der Waals surface area contributed by atoms with Gasteiger partial charge in [-0.15, -0.1) is 0 Å². The zero-order valence-electron chi connectivity index (χ0n) is 19.8. The van der Waals surface area contributed by atoms with Crippen LogP contribution >= 0.6 is 11.6 Å². The Bertz CT molecular complexity index is 1440. The summed E-state index contributed by atoms with van der Waals surface area (Å²) >= 11 is 6.57. The first-order chi connectivity index (χ1) is 18.0. The summed E-state index contributed by atoms with van der Waals surface area (Å²) < 4.78 is 12.4. The van der Waals surface area contributed by atoms with Crippen LogP contribution in [0.3, 0.4) is 0 Å². The standard InChI is InChI=1S/C26H24ClFN8O/c1-2-23(37)33-17-7-9-29-21(11-17)24-20(27)5-3-16-12-31-26(35-25(16)24)34-18-4-6-22(30-13-18)32-19-14-36(15-19)10-8-28/h2-7,9,11-13,19H,1,8,10,14-15H2,(H,30,32)(H,29,33,37)(H,31,34,35). The van der Waals surface area contributed by atoms with E-state index in [1.54, 1.807) is 36.8 Å². The summed E-state index contributed by atoms with van der Waals surface area (Å²) in [6.07, 6.45) is 6.19. The fourth-order valence-corrected chi connectivity index (χ4v) is 4.32. The quantitative estimate of drug-likeness (QED) is 0.274. The number of nitrogens with zero attached hydrogens (tertiary/aromatic N) is 5. The third kappa shape index (κ3) is 5.65. The van der Waals surface area contributed by atoms with Crippen molar-refractivity contribution in [3.63, 3.8) is 0 Å². The zero-order valence-corrected chi connectivity index (χ0v) is 20.5. The first-order valence-electron chi connectivity index (χ1n) is 11.7. The van der Waals surface area contributed by atoms with Crippen molar-refractivity contribution in [2.45, 2.75) is 6.04 Å². The van der Waals surface area contributed by atoms with Crippen molar-refractivity contribution >= 4 is 51.6 Å². The van der Waals surface area contributed by atoms with Crippen molar-refractivity contribution in [3.05, 3.63) is 72.7 Å². The second-order valence-electron chi connectivity index (χ2n) is 8.52. The molecule has 1 fully saturated rings. The minimum Gasteiger partial charge on any atom is -0.365 e. The van der Waals surface area contributed by atoms with E-state index in [0.717, 1.165) is 24.3 Å². The lowest BCUT2D eigenvalue weighted by Crippen LogP contribution is -2.55. The smallest absolute Gasteiger partial charge is 0.247 e. The Morgan fingerprint density at radius 3 is 2.76 bits per heavy atom. The Morgan fingerprint density at radius 1 is 1.14 bits per heavy atom. The summed E-state index contributed by atoms with van der Waals surface area (Å²) in [5.74, 6) is 0.796. The summed E-state index contributed by atoms with van der Waals surface area (Å²) in [5.41, 5.74) is 3.07. The number of pyridine rings is 2. The van der Waals surface area contributed by atoms with Crippen LogP contribution < -0.4 is 16.0 Å². The number of fused-ring (bicyclic) bond motifs is 1. The number of rotatable bonds is 9. The van der Waals surface area contributed by atoms with E-state index >= 15 is 0 Å². The minimum atomic E-state index is -0.327.